The molecular weight excluding hydrogens is 764 g/mol. The summed E-state index contributed by atoms with van der Waals surface area (Å²) < 4.78 is 64.7. The SMILES string of the molecule is C=CC(=O)OCC(O)COCCCOC(COCCOCC(O)COC(=O)C=C)(COCCOCC(O)COC(=O)C=C)COCCOCC(O)COC(=O)C=C. The number of aliphatic hydroxyl groups excluding tert-OH is 4. The Balaban J connectivity index is 5.35. The molecule has 0 fully saturated rings. The molecule has 0 saturated carbocycles. The van der Waals surface area contributed by atoms with Gasteiger partial charge in [-0.25, -0.2) is 19.2 Å². The van der Waals surface area contributed by atoms with Gasteiger partial charge in [-0.1, -0.05) is 26.3 Å². The molecule has 0 heterocycles. The minimum atomic E-state index is -1.23. The van der Waals surface area contributed by atoms with Crippen LogP contribution in [0.2, 0.25) is 0 Å². The van der Waals surface area contributed by atoms with Crippen LogP contribution in [0.4, 0.5) is 0 Å². The summed E-state index contributed by atoms with van der Waals surface area (Å²) >= 11 is 0. The van der Waals surface area contributed by atoms with Crippen molar-refractivity contribution in [2.24, 2.45) is 0 Å². The first-order valence-electron chi connectivity index (χ1n) is 18.0. The second-order valence-corrected chi connectivity index (χ2v) is 11.8. The Morgan fingerprint density at radius 1 is 0.404 bits per heavy atom. The Kier molecular flexibility index (Phi) is 33.2. The lowest BCUT2D eigenvalue weighted by atomic mass is 10.1. The molecule has 20 heteroatoms. The third-order valence-corrected chi connectivity index (χ3v) is 6.63. The standard InChI is InChI=1S/C37H60O20/c1-5-33(42)53-22-29(38)18-46-10-9-11-57-37(26-50-15-12-47-19-30(39)23-54-34(43)6-2,27-51-16-13-48-20-31(40)24-55-35(44)7-3)28-52-17-14-49-21-32(41)25-56-36(45)8-4/h5-8,29-32,38-41H,1-4,9-28H2. The first kappa shape index (κ1) is 53.4. The van der Waals surface area contributed by atoms with Crippen molar-refractivity contribution in [3.05, 3.63) is 50.6 Å². The van der Waals surface area contributed by atoms with Crippen LogP contribution in [0.15, 0.2) is 50.6 Å². The van der Waals surface area contributed by atoms with E-state index in [1.54, 1.807) is 0 Å². The highest BCUT2D eigenvalue weighted by molar-refractivity contribution is 5.82. The molecule has 0 aliphatic carbocycles. The van der Waals surface area contributed by atoms with Gasteiger partial charge in [0.2, 0.25) is 0 Å². The molecule has 0 aromatic rings. The molecule has 4 atom stereocenters. The minimum absolute atomic E-state index is 0.0521. The molecule has 0 aliphatic rings. The Hall–Kier alpha value is -3.64. The fourth-order valence-electron chi connectivity index (χ4n) is 3.85. The van der Waals surface area contributed by atoms with Gasteiger partial charge in [-0.3, -0.25) is 0 Å². The molecule has 0 spiro atoms. The quantitative estimate of drug-likeness (QED) is 0.0240. The molecule has 0 amide bonds. The summed E-state index contributed by atoms with van der Waals surface area (Å²) in [5, 5.41) is 39.8. The maximum atomic E-state index is 11.2. The summed E-state index contributed by atoms with van der Waals surface area (Å²) in [7, 11) is 0. The van der Waals surface area contributed by atoms with Crippen LogP contribution in [0, 0.1) is 0 Å². The third-order valence-electron chi connectivity index (χ3n) is 6.63. The number of hydrogen-bond acceptors (Lipinski definition) is 20. The van der Waals surface area contributed by atoms with Crippen molar-refractivity contribution in [2.75, 3.05) is 126 Å². The second kappa shape index (κ2) is 35.5. The Labute approximate surface area is 332 Å². The van der Waals surface area contributed by atoms with Gasteiger partial charge in [0.25, 0.3) is 0 Å². The largest absolute Gasteiger partial charge is 0.460 e. The van der Waals surface area contributed by atoms with Gasteiger partial charge < -0.3 is 77.3 Å². The van der Waals surface area contributed by atoms with Gasteiger partial charge in [-0.05, 0) is 6.42 Å². The molecular formula is C37H60O20. The smallest absolute Gasteiger partial charge is 0.330 e. The zero-order chi connectivity index (χ0) is 42.6. The Morgan fingerprint density at radius 3 is 0.947 bits per heavy atom. The van der Waals surface area contributed by atoms with Crippen molar-refractivity contribution in [1.82, 2.24) is 0 Å². The van der Waals surface area contributed by atoms with E-state index in [2.05, 4.69) is 26.3 Å². The molecule has 4 N–H and O–H groups in total. The third kappa shape index (κ3) is 32.1. The van der Waals surface area contributed by atoms with Crippen LogP contribution in [0.25, 0.3) is 0 Å². The average Bonchev–Trinajstić information content (AvgIpc) is 3.21. The fraction of sp³-hybridized carbons (Fsp3) is 0.676. The molecule has 0 aromatic carbocycles. The molecule has 328 valence electrons. The lowest BCUT2D eigenvalue weighted by Crippen LogP contribution is -2.48. The molecule has 0 bridgehead atoms. The van der Waals surface area contributed by atoms with Crippen molar-refractivity contribution < 1.29 is 96.4 Å². The van der Waals surface area contributed by atoms with Gasteiger partial charge in [-0.15, -0.1) is 0 Å². The van der Waals surface area contributed by atoms with Crippen molar-refractivity contribution in [2.45, 2.75) is 36.4 Å². The van der Waals surface area contributed by atoms with E-state index < -0.39 is 53.9 Å². The van der Waals surface area contributed by atoms with E-state index >= 15 is 0 Å². The number of ether oxygens (including phenoxy) is 12. The maximum absolute atomic E-state index is 11.2. The summed E-state index contributed by atoms with van der Waals surface area (Å²) in [6.07, 6.45) is -0.00843. The van der Waals surface area contributed by atoms with E-state index in [1.807, 2.05) is 0 Å². The lowest BCUT2D eigenvalue weighted by molar-refractivity contribution is -0.175. The molecule has 4 unspecified atom stereocenters. The topological polar surface area (TPSA) is 260 Å². The first-order chi connectivity index (χ1) is 27.4. The van der Waals surface area contributed by atoms with Gasteiger partial charge >= 0.3 is 23.9 Å². The highest BCUT2D eigenvalue weighted by Gasteiger charge is 2.33. The van der Waals surface area contributed by atoms with Crippen molar-refractivity contribution in [3.63, 3.8) is 0 Å². The highest BCUT2D eigenvalue weighted by Crippen LogP contribution is 2.16. The summed E-state index contributed by atoms with van der Waals surface area (Å²) in [6, 6.07) is 0. The monoisotopic (exact) mass is 824 g/mol. The van der Waals surface area contributed by atoms with Crippen molar-refractivity contribution >= 4 is 23.9 Å². The zero-order valence-electron chi connectivity index (χ0n) is 32.4. The van der Waals surface area contributed by atoms with Crippen LogP contribution in [-0.2, 0) is 76.0 Å². The van der Waals surface area contributed by atoms with Gasteiger partial charge in [-0.2, -0.15) is 0 Å². The Bertz CT molecular complexity index is 959. The molecule has 57 heavy (non-hydrogen) atoms. The van der Waals surface area contributed by atoms with E-state index in [4.69, 9.17) is 56.8 Å². The van der Waals surface area contributed by atoms with Crippen LogP contribution in [0.5, 0.6) is 0 Å². The highest BCUT2D eigenvalue weighted by atomic mass is 16.6. The number of carbonyl (C=O) groups excluding carboxylic acids is 4. The Morgan fingerprint density at radius 2 is 0.667 bits per heavy atom. The van der Waals surface area contributed by atoms with Gasteiger partial charge in [0, 0.05) is 37.5 Å². The molecule has 0 aromatic heterocycles. The van der Waals surface area contributed by atoms with Gasteiger partial charge in [0.15, 0.2) is 0 Å². The summed E-state index contributed by atoms with van der Waals surface area (Å²) in [5.41, 5.74) is -1.23. The van der Waals surface area contributed by atoms with E-state index in [9.17, 15) is 39.6 Å². The van der Waals surface area contributed by atoms with E-state index in [-0.39, 0.29) is 126 Å². The summed E-state index contributed by atoms with van der Waals surface area (Å²) in [4.78, 5) is 44.8. The van der Waals surface area contributed by atoms with Gasteiger partial charge in [0.1, 0.15) is 56.4 Å². The predicted molar refractivity (Wildman–Crippen MR) is 198 cm³/mol. The first-order valence-corrected chi connectivity index (χ1v) is 18.0. The van der Waals surface area contributed by atoms with E-state index in [0.717, 1.165) is 24.3 Å². The van der Waals surface area contributed by atoms with Gasteiger partial charge in [0.05, 0.1) is 85.9 Å². The number of hydrogen-bond donors (Lipinski definition) is 4. The zero-order valence-corrected chi connectivity index (χ0v) is 32.4. The van der Waals surface area contributed by atoms with Crippen molar-refractivity contribution in [3.8, 4) is 0 Å². The lowest BCUT2D eigenvalue weighted by Gasteiger charge is -2.33. The van der Waals surface area contributed by atoms with Crippen LogP contribution >= 0.6 is 0 Å². The number of esters is 4. The van der Waals surface area contributed by atoms with Crippen LogP contribution in [-0.4, -0.2) is 200 Å². The minimum Gasteiger partial charge on any atom is -0.460 e. The maximum Gasteiger partial charge on any atom is 0.330 e. The predicted octanol–water partition coefficient (Wildman–Crippen LogP) is -1.39. The summed E-state index contributed by atoms with van der Waals surface area (Å²) in [6.45, 7) is 11.9. The fourth-order valence-corrected chi connectivity index (χ4v) is 3.85. The number of carbonyl (C=O) groups is 4. The second-order valence-electron chi connectivity index (χ2n) is 11.8. The molecule has 20 nitrogen and oxygen atoms in total. The average molecular weight is 825 g/mol. The van der Waals surface area contributed by atoms with Crippen LogP contribution in [0.1, 0.15) is 6.42 Å². The van der Waals surface area contributed by atoms with Crippen LogP contribution in [0.3, 0.4) is 0 Å². The number of aliphatic hydroxyl groups is 4. The summed E-state index contributed by atoms with van der Waals surface area (Å²) in [5.74, 6) is -2.71. The van der Waals surface area contributed by atoms with E-state index in [0.29, 0.717) is 6.42 Å². The molecule has 0 aliphatic heterocycles. The normalized spacial score (nSPS) is 14.2. The molecule has 0 radical (unpaired) electrons. The number of rotatable bonds is 40. The van der Waals surface area contributed by atoms with E-state index in [1.165, 1.54) is 0 Å². The van der Waals surface area contributed by atoms with Crippen LogP contribution < -0.4 is 0 Å². The molecule has 0 saturated heterocycles. The molecule has 0 rings (SSSR count). The van der Waals surface area contributed by atoms with Crippen molar-refractivity contribution in [1.29, 1.82) is 0 Å².